The zero-order valence-corrected chi connectivity index (χ0v) is 10.5. The quantitative estimate of drug-likeness (QED) is 0.800. The third-order valence-electron chi connectivity index (χ3n) is 3.97. The Bertz CT molecular complexity index is 256. The van der Waals surface area contributed by atoms with Crippen LogP contribution in [0.25, 0.3) is 0 Å². The van der Waals surface area contributed by atoms with Crippen molar-refractivity contribution < 1.29 is 4.79 Å². The summed E-state index contributed by atoms with van der Waals surface area (Å²) in [6.07, 6.45) is 7.23. The molecule has 3 nitrogen and oxygen atoms in total. The Balaban J connectivity index is 0.000000963. The van der Waals surface area contributed by atoms with E-state index in [1.165, 1.54) is 32.1 Å². The van der Waals surface area contributed by atoms with Gasteiger partial charge in [-0.1, -0.05) is 6.42 Å². The lowest BCUT2D eigenvalue weighted by Crippen LogP contribution is -2.59. The average molecular weight is 245 g/mol. The number of carbonyl (C=O) groups excluding carboxylic acids is 1. The van der Waals surface area contributed by atoms with Crippen molar-refractivity contribution in [2.24, 2.45) is 5.92 Å². The molecule has 92 valence electrons. The minimum absolute atomic E-state index is 0. The second-order valence-electron chi connectivity index (χ2n) is 5.44. The molecule has 1 amide bonds. The van der Waals surface area contributed by atoms with Gasteiger partial charge in [0.05, 0.1) is 0 Å². The van der Waals surface area contributed by atoms with Crippen molar-refractivity contribution in [1.29, 1.82) is 0 Å². The van der Waals surface area contributed by atoms with E-state index >= 15 is 0 Å². The topological polar surface area (TPSA) is 32.3 Å². The molecule has 2 bridgehead atoms. The molecule has 3 fully saturated rings. The maximum absolute atomic E-state index is 12.0. The number of rotatable bonds is 2. The van der Waals surface area contributed by atoms with Crippen LogP contribution in [0, 0.1) is 5.92 Å². The average Bonchev–Trinajstić information content (AvgIpc) is 3.01. The molecule has 1 N–H and O–H groups in total. The molecule has 1 saturated carbocycles. The Morgan fingerprint density at radius 2 is 1.75 bits per heavy atom. The molecule has 0 aromatic rings. The van der Waals surface area contributed by atoms with Crippen LogP contribution < -0.4 is 5.32 Å². The van der Waals surface area contributed by atoms with Gasteiger partial charge in [-0.2, -0.15) is 0 Å². The molecule has 2 atom stereocenters. The molecule has 1 aliphatic carbocycles. The van der Waals surface area contributed by atoms with Gasteiger partial charge in [-0.05, 0) is 31.6 Å². The Hall–Kier alpha value is -0.280. The van der Waals surface area contributed by atoms with Crippen LogP contribution in [0.2, 0.25) is 0 Å². The summed E-state index contributed by atoms with van der Waals surface area (Å²) in [5.74, 6) is 1.14. The standard InChI is InChI=1S/C12H20N2O.ClH/c15-12(6-9-4-5-9)14-7-10-2-1-3-11(8-14)13-10;/h9-11,13H,1-8H2;1H. The van der Waals surface area contributed by atoms with Crippen LogP contribution in [0.5, 0.6) is 0 Å². The van der Waals surface area contributed by atoms with Gasteiger partial charge in [0.1, 0.15) is 0 Å². The highest BCUT2D eigenvalue weighted by Crippen LogP contribution is 2.33. The van der Waals surface area contributed by atoms with Gasteiger partial charge in [-0.15, -0.1) is 12.4 Å². The molecule has 0 spiro atoms. The molecular weight excluding hydrogens is 224 g/mol. The molecule has 2 unspecified atom stereocenters. The highest BCUT2D eigenvalue weighted by atomic mass is 35.5. The largest absolute Gasteiger partial charge is 0.340 e. The van der Waals surface area contributed by atoms with Crippen LogP contribution in [-0.4, -0.2) is 36.0 Å². The third kappa shape index (κ3) is 2.69. The Morgan fingerprint density at radius 1 is 1.12 bits per heavy atom. The maximum Gasteiger partial charge on any atom is 0.222 e. The highest BCUT2D eigenvalue weighted by Gasteiger charge is 2.34. The van der Waals surface area contributed by atoms with E-state index in [0.717, 1.165) is 25.4 Å². The summed E-state index contributed by atoms with van der Waals surface area (Å²) in [6.45, 7) is 1.92. The van der Waals surface area contributed by atoms with Crippen molar-refractivity contribution in [1.82, 2.24) is 10.2 Å². The van der Waals surface area contributed by atoms with Gasteiger partial charge in [0.15, 0.2) is 0 Å². The molecule has 0 aromatic heterocycles. The fourth-order valence-corrected chi connectivity index (χ4v) is 2.91. The maximum atomic E-state index is 12.0. The van der Waals surface area contributed by atoms with E-state index in [1.54, 1.807) is 0 Å². The third-order valence-corrected chi connectivity index (χ3v) is 3.97. The van der Waals surface area contributed by atoms with E-state index in [2.05, 4.69) is 10.2 Å². The number of nitrogens with one attached hydrogen (secondary N) is 1. The van der Waals surface area contributed by atoms with E-state index in [1.807, 2.05) is 0 Å². The number of piperazine rings is 1. The number of carbonyl (C=O) groups is 1. The summed E-state index contributed by atoms with van der Waals surface area (Å²) in [5, 5.41) is 3.61. The van der Waals surface area contributed by atoms with E-state index in [0.29, 0.717) is 18.0 Å². The van der Waals surface area contributed by atoms with Crippen LogP contribution >= 0.6 is 12.4 Å². The Labute approximate surface area is 103 Å². The lowest BCUT2D eigenvalue weighted by molar-refractivity contribution is -0.134. The van der Waals surface area contributed by atoms with Gasteiger partial charge in [0.2, 0.25) is 5.91 Å². The van der Waals surface area contributed by atoms with Crippen molar-refractivity contribution in [3.05, 3.63) is 0 Å². The fourth-order valence-electron chi connectivity index (χ4n) is 2.91. The second kappa shape index (κ2) is 4.92. The number of hydrogen-bond acceptors (Lipinski definition) is 2. The molecule has 2 heterocycles. The number of piperidine rings is 1. The SMILES string of the molecule is Cl.O=C(CC1CC1)N1CC2CCCC(C1)N2. The van der Waals surface area contributed by atoms with Crippen molar-refractivity contribution in [2.45, 2.75) is 50.6 Å². The van der Waals surface area contributed by atoms with Crippen molar-refractivity contribution >= 4 is 18.3 Å². The lowest BCUT2D eigenvalue weighted by Gasteiger charge is -2.42. The summed E-state index contributed by atoms with van der Waals surface area (Å²) >= 11 is 0. The number of amides is 1. The van der Waals surface area contributed by atoms with E-state index in [4.69, 9.17) is 0 Å². The van der Waals surface area contributed by atoms with Gasteiger partial charge in [-0.3, -0.25) is 4.79 Å². The van der Waals surface area contributed by atoms with Crippen molar-refractivity contribution in [3.8, 4) is 0 Å². The van der Waals surface area contributed by atoms with E-state index in [-0.39, 0.29) is 12.4 Å². The molecule has 4 heteroatoms. The summed E-state index contributed by atoms with van der Waals surface area (Å²) in [5.41, 5.74) is 0. The van der Waals surface area contributed by atoms with Gasteiger partial charge in [-0.25, -0.2) is 0 Å². The number of hydrogen-bond donors (Lipinski definition) is 1. The Morgan fingerprint density at radius 3 is 2.31 bits per heavy atom. The summed E-state index contributed by atoms with van der Waals surface area (Å²) in [4.78, 5) is 14.1. The van der Waals surface area contributed by atoms with E-state index < -0.39 is 0 Å². The molecule has 3 rings (SSSR count). The second-order valence-corrected chi connectivity index (χ2v) is 5.44. The minimum atomic E-state index is 0. The first-order valence-electron chi connectivity index (χ1n) is 6.35. The Kier molecular flexibility index (Phi) is 3.75. The normalized spacial score (nSPS) is 33.1. The van der Waals surface area contributed by atoms with Gasteiger partial charge >= 0.3 is 0 Å². The van der Waals surface area contributed by atoms with E-state index in [9.17, 15) is 4.79 Å². The van der Waals surface area contributed by atoms with Crippen molar-refractivity contribution in [3.63, 3.8) is 0 Å². The highest BCUT2D eigenvalue weighted by molar-refractivity contribution is 5.85. The number of nitrogens with zero attached hydrogens (tertiary/aromatic N) is 1. The first kappa shape index (κ1) is 12.2. The number of halogens is 1. The predicted molar refractivity (Wildman–Crippen MR) is 65.7 cm³/mol. The van der Waals surface area contributed by atoms with Crippen LogP contribution in [0.3, 0.4) is 0 Å². The van der Waals surface area contributed by atoms with Crippen LogP contribution in [-0.2, 0) is 4.79 Å². The van der Waals surface area contributed by atoms with Gasteiger partial charge in [0.25, 0.3) is 0 Å². The zero-order chi connectivity index (χ0) is 10.3. The first-order valence-corrected chi connectivity index (χ1v) is 6.35. The molecule has 2 aliphatic heterocycles. The molecule has 0 radical (unpaired) electrons. The first-order chi connectivity index (χ1) is 7.31. The van der Waals surface area contributed by atoms with Gasteiger partial charge < -0.3 is 10.2 Å². The smallest absolute Gasteiger partial charge is 0.222 e. The molecule has 0 aromatic carbocycles. The minimum Gasteiger partial charge on any atom is -0.340 e. The van der Waals surface area contributed by atoms with Crippen LogP contribution in [0.4, 0.5) is 0 Å². The monoisotopic (exact) mass is 244 g/mol. The molecule has 3 aliphatic rings. The summed E-state index contributed by atoms with van der Waals surface area (Å²) < 4.78 is 0. The zero-order valence-electron chi connectivity index (χ0n) is 9.65. The van der Waals surface area contributed by atoms with Crippen LogP contribution in [0.15, 0.2) is 0 Å². The van der Waals surface area contributed by atoms with Gasteiger partial charge in [0, 0.05) is 31.6 Å². The predicted octanol–water partition coefficient (Wildman–Crippen LogP) is 1.56. The number of fused-ring (bicyclic) bond motifs is 2. The lowest BCUT2D eigenvalue weighted by atomic mass is 9.94. The molecule has 16 heavy (non-hydrogen) atoms. The van der Waals surface area contributed by atoms with Crippen molar-refractivity contribution in [2.75, 3.05) is 13.1 Å². The fraction of sp³-hybridized carbons (Fsp3) is 0.917. The summed E-state index contributed by atoms with van der Waals surface area (Å²) in [7, 11) is 0. The molecule has 2 saturated heterocycles. The summed E-state index contributed by atoms with van der Waals surface area (Å²) in [6, 6.07) is 1.17. The van der Waals surface area contributed by atoms with Crippen LogP contribution in [0.1, 0.15) is 38.5 Å². The molecular formula is C12H21ClN2O. The number of likely N-dealkylation sites (tertiary alicyclic amines) is 1.